The van der Waals surface area contributed by atoms with Gasteiger partial charge in [0.2, 0.25) is 11.8 Å². The summed E-state index contributed by atoms with van der Waals surface area (Å²) in [7, 11) is 0. The minimum absolute atomic E-state index is 0. The number of hydrogen-bond acceptors (Lipinski definition) is 7. The van der Waals surface area contributed by atoms with Gasteiger partial charge in [-0.1, -0.05) is 91.8 Å². The van der Waals surface area contributed by atoms with Crippen LogP contribution in [0.3, 0.4) is 0 Å². The summed E-state index contributed by atoms with van der Waals surface area (Å²) in [5.74, 6) is -0.446. The minimum atomic E-state index is -1.09. The number of unbranched alkanes of at least 4 members (excludes halogenated alkanes) is 3. The zero-order valence-corrected chi connectivity index (χ0v) is 28.0. The summed E-state index contributed by atoms with van der Waals surface area (Å²) < 4.78 is 1.02. The van der Waals surface area contributed by atoms with Crippen molar-refractivity contribution in [3.05, 3.63) is 107 Å². The smallest absolute Gasteiger partial charge is 0.305 e. The number of anilines is 1. The van der Waals surface area contributed by atoms with E-state index in [4.69, 9.17) is 4.84 Å². The molecule has 48 heavy (non-hydrogen) atoms. The van der Waals surface area contributed by atoms with E-state index in [-0.39, 0.29) is 39.3 Å². The van der Waals surface area contributed by atoms with Crippen LogP contribution in [0.5, 0.6) is 5.75 Å². The summed E-state index contributed by atoms with van der Waals surface area (Å²) in [6.07, 6.45) is 10.3. The van der Waals surface area contributed by atoms with Gasteiger partial charge in [-0.2, -0.15) is 5.48 Å². The summed E-state index contributed by atoms with van der Waals surface area (Å²) in [4.78, 5) is 60.3. The molecule has 10 nitrogen and oxygen atoms in total. The number of allylic oxidation sites excluding steroid dienone is 1. The molecule has 1 saturated heterocycles. The third-order valence-electron chi connectivity index (χ3n) is 8.53. The summed E-state index contributed by atoms with van der Waals surface area (Å²) in [5.41, 5.74) is 3.22. The molecule has 2 aliphatic rings. The molecule has 0 radical (unpaired) electrons. The number of para-hydroxylation sites is 3. The van der Waals surface area contributed by atoms with Gasteiger partial charge in [-0.3, -0.25) is 19.2 Å². The van der Waals surface area contributed by atoms with Gasteiger partial charge >= 0.3 is 4.87 Å². The van der Waals surface area contributed by atoms with Gasteiger partial charge in [0, 0.05) is 22.4 Å². The molecule has 4 N–H and O–H groups in total. The summed E-state index contributed by atoms with van der Waals surface area (Å²) in [6.45, 7) is 2.79. The Morgan fingerprint density at radius 3 is 2.50 bits per heavy atom. The van der Waals surface area contributed by atoms with E-state index in [1.807, 2.05) is 78.9 Å². The highest BCUT2D eigenvalue weighted by Gasteiger charge is 2.61. The first-order chi connectivity index (χ1) is 23.4. The highest BCUT2D eigenvalue weighted by molar-refractivity contribution is 7.16. The second kappa shape index (κ2) is 16.8. The van der Waals surface area contributed by atoms with E-state index in [1.165, 1.54) is 11.3 Å². The maximum atomic E-state index is 13.5. The molecule has 1 aliphatic carbocycles. The second-order valence-electron chi connectivity index (χ2n) is 12.0. The summed E-state index contributed by atoms with van der Waals surface area (Å²) in [6, 6.07) is 25.5. The number of carbonyl (C=O) groups is 3. The Bertz CT molecular complexity index is 1720. The van der Waals surface area contributed by atoms with Crippen LogP contribution in [0.15, 0.2) is 102 Å². The molecule has 4 aromatic rings. The fourth-order valence-electron chi connectivity index (χ4n) is 5.81. The molecule has 1 saturated carbocycles. The van der Waals surface area contributed by atoms with Crippen molar-refractivity contribution < 1.29 is 23.5 Å². The average molecular weight is 676 g/mol. The third-order valence-corrected chi connectivity index (χ3v) is 9.40. The van der Waals surface area contributed by atoms with Crippen LogP contribution in [-0.2, 0) is 14.4 Å². The van der Waals surface area contributed by atoms with E-state index in [0.717, 1.165) is 48.0 Å². The second-order valence-corrected chi connectivity index (χ2v) is 13.0. The van der Waals surface area contributed by atoms with Gasteiger partial charge in [0.1, 0.15) is 11.6 Å². The van der Waals surface area contributed by atoms with Gasteiger partial charge in [0.05, 0.1) is 16.8 Å². The number of hydrogen-bond donors (Lipinski definition) is 4. The van der Waals surface area contributed by atoms with Crippen molar-refractivity contribution in [2.45, 2.75) is 63.5 Å². The van der Waals surface area contributed by atoms with Crippen LogP contribution in [0, 0.1) is 5.92 Å². The number of thiazole rings is 1. The van der Waals surface area contributed by atoms with Crippen molar-refractivity contribution in [3.63, 3.8) is 0 Å². The standard InChI is InChI=1S/C30H38N4O4.C7H5NOS.3H2/c1-2-3-4-5-8-14-23-21-30(23,29(37)33-38-25-17-11-7-12-18-25)32-28(36)26-19-13-20-34(26)27(35)22-31-24-15-9-6-10-16-24;9-7-8-5-3-1-2-4-6(5)10-7;;;/h6-12,14-18,23,26,31H,2-5,13,19-22H2,1H3,(H,32,36)(H,33,37);1-4H,(H,8,9);3*1H/b14-8-;;;;/t23-,26+,30-;;;;/m1..../s1. The van der Waals surface area contributed by atoms with E-state index in [9.17, 15) is 19.2 Å². The zero-order chi connectivity index (χ0) is 33.8. The van der Waals surface area contributed by atoms with E-state index < -0.39 is 11.6 Å². The zero-order valence-electron chi connectivity index (χ0n) is 27.2. The maximum absolute atomic E-state index is 13.5. The van der Waals surface area contributed by atoms with Crippen LogP contribution >= 0.6 is 11.3 Å². The minimum Gasteiger partial charge on any atom is -0.379 e. The van der Waals surface area contributed by atoms with E-state index in [0.29, 0.717) is 25.1 Å². The predicted molar refractivity (Wildman–Crippen MR) is 196 cm³/mol. The molecule has 2 heterocycles. The summed E-state index contributed by atoms with van der Waals surface area (Å²) in [5, 5.41) is 6.13. The fraction of sp³-hybridized carbons (Fsp3) is 0.351. The lowest BCUT2D eigenvalue weighted by Crippen LogP contribution is -2.56. The Balaban J connectivity index is 0.000000593. The molecular formula is C37H49N5O5S. The molecule has 0 bridgehead atoms. The number of aromatic amines is 1. The van der Waals surface area contributed by atoms with Crippen molar-refractivity contribution in [2.75, 3.05) is 18.4 Å². The average Bonchev–Trinajstić information content (AvgIpc) is 3.40. The van der Waals surface area contributed by atoms with Crippen molar-refractivity contribution >= 4 is 45.0 Å². The Morgan fingerprint density at radius 1 is 1.02 bits per heavy atom. The first-order valence-electron chi connectivity index (χ1n) is 16.6. The van der Waals surface area contributed by atoms with Crippen molar-refractivity contribution in [1.29, 1.82) is 0 Å². The number of nitrogens with zero attached hydrogens (tertiary/aromatic N) is 1. The van der Waals surface area contributed by atoms with Gasteiger partial charge in [-0.25, -0.2) is 0 Å². The molecule has 0 spiro atoms. The number of amides is 3. The fourth-order valence-corrected chi connectivity index (χ4v) is 6.55. The van der Waals surface area contributed by atoms with Crippen molar-refractivity contribution in [1.82, 2.24) is 20.7 Å². The van der Waals surface area contributed by atoms with E-state index >= 15 is 0 Å². The highest BCUT2D eigenvalue weighted by Crippen LogP contribution is 2.45. The Labute approximate surface area is 289 Å². The van der Waals surface area contributed by atoms with Gasteiger partial charge in [0.15, 0.2) is 5.75 Å². The van der Waals surface area contributed by atoms with Crippen LogP contribution in [0.25, 0.3) is 10.2 Å². The molecule has 3 aromatic carbocycles. The third kappa shape index (κ3) is 9.13. The van der Waals surface area contributed by atoms with Crippen LogP contribution < -0.4 is 25.8 Å². The topological polar surface area (TPSA) is 133 Å². The number of aromatic nitrogens is 1. The number of carbonyl (C=O) groups excluding carboxylic acids is 3. The molecule has 2 fully saturated rings. The van der Waals surface area contributed by atoms with Crippen LogP contribution in [0.4, 0.5) is 5.69 Å². The molecule has 1 aliphatic heterocycles. The molecule has 6 rings (SSSR count). The van der Waals surface area contributed by atoms with Crippen LogP contribution in [0.1, 0.15) is 56.1 Å². The van der Waals surface area contributed by atoms with Crippen LogP contribution in [-0.4, -0.2) is 52.3 Å². The number of benzene rings is 3. The first kappa shape index (κ1) is 34.4. The SMILES string of the molecule is CCCCC/C=C\[C@@H]1C[C@]1(NC(=O)[C@@H]1CCCN1C(=O)CNc1ccccc1)C(=O)NOc1ccccc1.O=c1[nH]c2ccccc2s1.[HH].[HH].[HH]. The van der Waals surface area contributed by atoms with Gasteiger partial charge < -0.3 is 25.4 Å². The van der Waals surface area contributed by atoms with Gasteiger partial charge in [0.25, 0.3) is 5.91 Å². The van der Waals surface area contributed by atoms with Crippen molar-refractivity contribution in [3.8, 4) is 5.75 Å². The monoisotopic (exact) mass is 675 g/mol. The normalized spacial score (nSPS) is 19.7. The first-order valence-corrected chi connectivity index (χ1v) is 17.4. The molecule has 258 valence electrons. The van der Waals surface area contributed by atoms with E-state index in [1.54, 1.807) is 17.0 Å². The van der Waals surface area contributed by atoms with E-state index in [2.05, 4.69) is 34.1 Å². The molecule has 3 atom stereocenters. The Kier molecular flexibility index (Phi) is 12.0. The van der Waals surface area contributed by atoms with Gasteiger partial charge in [-0.15, -0.1) is 0 Å². The quantitative estimate of drug-likeness (QED) is 0.0723. The maximum Gasteiger partial charge on any atom is 0.305 e. The number of fused-ring (bicyclic) bond motifs is 1. The lowest BCUT2D eigenvalue weighted by Gasteiger charge is -2.27. The lowest BCUT2D eigenvalue weighted by atomic mass is 10.1. The Morgan fingerprint density at radius 2 is 1.75 bits per heavy atom. The molecule has 3 amide bonds. The summed E-state index contributed by atoms with van der Waals surface area (Å²) >= 11 is 1.24. The molecule has 1 aromatic heterocycles. The Hall–Kier alpha value is -4.90. The molecule has 11 heteroatoms. The number of H-pyrrole nitrogens is 1. The predicted octanol–water partition coefficient (Wildman–Crippen LogP) is 6.54. The molecule has 0 unspecified atom stereocenters. The number of rotatable bonds is 13. The van der Waals surface area contributed by atoms with Crippen LogP contribution in [0.2, 0.25) is 0 Å². The van der Waals surface area contributed by atoms with Gasteiger partial charge in [-0.05, 0) is 68.5 Å². The lowest BCUT2D eigenvalue weighted by molar-refractivity contribution is -0.140. The molecular weight excluding hydrogens is 627 g/mol. The number of nitrogens with one attached hydrogen (secondary N) is 4. The number of likely N-dealkylation sites (tertiary alicyclic amines) is 1. The van der Waals surface area contributed by atoms with Crippen molar-refractivity contribution in [2.24, 2.45) is 5.92 Å². The number of hydroxylamine groups is 1. The largest absolute Gasteiger partial charge is 0.379 e. The highest BCUT2D eigenvalue weighted by atomic mass is 32.1.